The van der Waals surface area contributed by atoms with E-state index in [1.54, 1.807) is 0 Å². The van der Waals surface area contributed by atoms with E-state index in [0.29, 0.717) is 5.56 Å². The van der Waals surface area contributed by atoms with Crippen molar-refractivity contribution in [1.82, 2.24) is 0 Å². The second-order valence-corrected chi connectivity index (χ2v) is 2.89. The van der Waals surface area contributed by atoms with Crippen LogP contribution in [-0.2, 0) is 11.2 Å². The van der Waals surface area contributed by atoms with Crippen molar-refractivity contribution in [3.05, 3.63) is 34.9 Å². The van der Waals surface area contributed by atoms with Crippen molar-refractivity contribution in [3.63, 3.8) is 0 Å². The molecule has 0 aliphatic heterocycles. The molecule has 76 valence electrons. The third-order valence-electron chi connectivity index (χ3n) is 1.85. The molecule has 0 heterocycles. The van der Waals surface area contributed by atoms with Gasteiger partial charge in [-0.1, -0.05) is 12.0 Å². The maximum atomic E-state index is 10.8. The number of carboxylic acid groups (broad SMARTS) is 2. The van der Waals surface area contributed by atoms with Gasteiger partial charge in [-0.05, 0) is 17.7 Å². The van der Waals surface area contributed by atoms with Gasteiger partial charge < -0.3 is 10.2 Å². The van der Waals surface area contributed by atoms with E-state index in [-0.39, 0.29) is 17.5 Å². The van der Waals surface area contributed by atoms with Gasteiger partial charge in [0.25, 0.3) is 0 Å². The molecule has 15 heavy (non-hydrogen) atoms. The molecule has 4 heteroatoms. The molecule has 0 saturated heterocycles. The molecule has 1 aromatic carbocycles. The van der Waals surface area contributed by atoms with Gasteiger partial charge in [0.15, 0.2) is 0 Å². The van der Waals surface area contributed by atoms with Crippen molar-refractivity contribution < 1.29 is 19.8 Å². The summed E-state index contributed by atoms with van der Waals surface area (Å²) in [5.74, 6) is 0.0367. The van der Waals surface area contributed by atoms with Crippen LogP contribution in [0.25, 0.3) is 0 Å². The summed E-state index contributed by atoms with van der Waals surface area (Å²) < 4.78 is 0. The highest BCUT2D eigenvalue weighted by molar-refractivity contribution is 5.91. The van der Waals surface area contributed by atoms with E-state index >= 15 is 0 Å². The summed E-state index contributed by atoms with van der Waals surface area (Å²) in [7, 11) is 0. The van der Waals surface area contributed by atoms with E-state index in [1.165, 1.54) is 18.2 Å². The standard InChI is InChI=1S/C11H8O4/c1-2-7-3-4-8(6-10(12)13)9(5-7)11(14)15/h1,3-5H,6H2,(H,12,13)(H,14,15). The number of carbonyl (C=O) groups is 2. The molecule has 0 atom stereocenters. The Bertz CT molecular complexity index is 454. The zero-order valence-corrected chi connectivity index (χ0v) is 7.73. The summed E-state index contributed by atoms with van der Waals surface area (Å²) in [6, 6.07) is 4.23. The van der Waals surface area contributed by atoms with Crippen LogP contribution in [0.2, 0.25) is 0 Å². The van der Waals surface area contributed by atoms with E-state index in [4.69, 9.17) is 16.6 Å². The molecule has 0 unspecified atom stereocenters. The van der Waals surface area contributed by atoms with Gasteiger partial charge in [0.2, 0.25) is 0 Å². The van der Waals surface area contributed by atoms with Crippen molar-refractivity contribution in [2.24, 2.45) is 0 Å². The van der Waals surface area contributed by atoms with Crippen LogP contribution in [0.15, 0.2) is 18.2 Å². The van der Waals surface area contributed by atoms with Gasteiger partial charge in [0.1, 0.15) is 0 Å². The highest BCUT2D eigenvalue weighted by Gasteiger charge is 2.12. The smallest absolute Gasteiger partial charge is 0.336 e. The van der Waals surface area contributed by atoms with E-state index < -0.39 is 11.9 Å². The number of aromatic carboxylic acids is 1. The number of terminal acetylenes is 1. The van der Waals surface area contributed by atoms with Gasteiger partial charge >= 0.3 is 11.9 Å². The highest BCUT2D eigenvalue weighted by atomic mass is 16.4. The first-order valence-corrected chi connectivity index (χ1v) is 4.09. The third-order valence-corrected chi connectivity index (χ3v) is 1.85. The maximum Gasteiger partial charge on any atom is 0.336 e. The normalized spacial score (nSPS) is 9.27. The quantitative estimate of drug-likeness (QED) is 0.720. The molecule has 0 aliphatic carbocycles. The molecule has 1 aromatic rings. The molecule has 0 bridgehead atoms. The Morgan fingerprint density at radius 3 is 2.47 bits per heavy atom. The van der Waals surface area contributed by atoms with Gasteiger partial charge in [-0.15, -0.1) is 6.42 Å². The van der Waals surface area contributed by atoms with Gasteiger partial charge in [-0.2, -0.15) is 0 Å². The lowest BCUT2D eigenvalue weighted by Gasteiger charge is -2.03. The first-order valence-electron chi connectivity index (χ1n) is 4.09. The fraction of sp³-hybridized carbons (Fsp3) is 0.0909. The van der Waals surface area contributed by atoms with E-state index in [0.717, 1.165) is 0 Å². The van der Waals surface area contributed by atoms with Crippen LogP contribution >= 0.6 is 0 Å². The minimum absolute atomic E-state index is 0.0622. The highest BCUT2D eigenvalue weighted by Crippen LogP contribution is 2.12. The zero-order chi connectivity index (χ0) is 11.4. The molecule has 0 aromatic heterocycles. The van der Waals surface area contributed by atoms with E-state index in [1.807, 2.05) is 0 Å². The molecule has 0 amide bonds. The molecule has 0 radical (unpaired) electrons. The largest absolute Gasteiger partial charge is 0.481 e. The van der Waals surface area contributed by atoms with Crippen LogP contribution in [0.4, 0.5) is 0 Å². The Kier molecular flexibility index (Phi) is 3.09. The summed E-state index contributed by atoms with van der Waals surface area (Å²) in [4.78, 5) is 21.3. The number of hydrogen-bond acceptors (Lipinski definition) is 2. The maximum absolute atomic E-state index is 10.8. The summed E-state index contributed by atoms with van der Waals surface area (Å²) in [5, 5.41) is 17.4. The molecule has 0 aliphatic rings. The summed E-state index contributed by atoms with van der Waals surface area (Å²) in [6.45, 7) is 0. The molecular formula is C11H8O4. The fourth-order valence-electron chi connectivity index (χ4n) is 1.18. The average Bonchev–Trinajstić information content (AvgIpc) is 2.17. The van der Waals surface area contributed by atoms with Crippen LogP contribution in [-0.4, -0.2) is 22.2 Å². The average molecular weight is 204 g/mol. The summed E-state index contributed by atoms with van der Waals surface area (Å²) >= 11 is 0. The predicted octanol–water partition coefficient (Wildman–Crippen LogP) is 0.993. The summed E-state index contributed by atoms with van der Waals surface area (Å²) in [6.07, 6.45) is 4.78. The lowest BCUT2D eigenvalue weighted by Crippen LogP contribution is -2.08. The van der Waals surface area contributed by atoms with Crippen LogP contribution in [0, 0.1) is 12.3 Å². The Labute approximate surface area is 86.2 Å². The van der Waals surface area contributed by atoms with E-state index in [2.05, 4.69) is 5.92 Å². The number of benzene rings is 1. The minimum atomic E-state index is -1.18. The molecule has 0 spiro atoms. The van der Waals surface area contributed by atoms with Crippen molar-refractivity contribution >= 4 is 11.9 Å². The van der Waals surface area contributed by atoms with Gasteiger partial charge in [-0.25, -0.2) is 4.79 Å². The third kappa shape index (κ3) is 2.58. The molecular weight excluding hydrogens is 196 g/mol. The molecule has 1 rings (SSSR count). The van der Waals surface area contributed by atoms with Crippen molar-refractivity contribution in [1.29, 1.82) is 0 Å². The lowest BCUT2D eigenvalue weighted by molar-refractivity contribution is -0.136. The second-order valence-electron chi connectivity index (χ2n) is 2.89. The van der Waals surface area contributed by atoms with Crippen LogP contribution < -0.4 is 0 Å². The predicted molar refractivity (Wildman–Crippen MR) is 52.7 cm³/mol. The number of hydrogen-bond donors (Lipinski definition) is 2. The zero-order valence-electron chi connectivity index (χ0n) is 7.73. The number of carboxylic acids is 2. The van der Waals surface area contributed by atoms with Crippen LogP contribution in [0.5, 0.6) is 0 Å². The second kappa shape index (κ2) is 4.29. The molecule has 0 saturated carbocycles. The number of aliphatic carboxylic acids is 1. The Morgan fingerprint density at radius 1 is 1.33 bits per heavy atom. The monoisotopic (exact) mass is 204 g/mol. The number of rotatable bonds is 3. The van der Waals surface area contributed by atoms with Crippen molar-refractivity contribution in [2.45, 2.75) is 6.42 Å². The van der Waals surface area contributed by atoms with Gasteiger partial charge in [0.05, 0.1) is 12.0 Å². The van der Waals surface area contributed by atoms with Crippen molar-refractivity contribution in [3.8, 4) is 12.3 Å². The Balaban J connectivity index is 3.22. The van der Waals surface area contributed by atoms with Gasteiger partial charge in [0, 0.05) is 5.56 Å². The van der Waals surface area contributed by atoms with Crippen molar-refractivity contribution in [2.75, 3.05) is 0 Å². The fourth-order valence-corrected chi connectivity index (χ4v) is 1.18. The first-order chi connectivity index (χ1) is 7.04. The molecule has 4 nitrogen and oxygen atoms in total. The Morgan fingerprint density at radius 2 is 2.00 bits per heavy atom. The topological polar surface area (TPSA) is 74.6 Å². The van der Waals surface area contributed by atoms with Crippen LogP contribution in [0.1, 0.15) is 21.5 Å². The molecule has 0 fully saturated rings. The van der Waals surface area contributed by atoms with Crippen LogP contribution in [0.3, 0.4) is 0 Å². The Hall–Kier alpha value is -2.28. The first kappa shape index (κ1) is 10.8. The lowest BCUT2D eigenvalue weighted by atomic mass is 10.0. The van der Waals surface area contributed by atoms with E-state index in [9.17, 15) is 9.59 Å². The summed E-state index contributed by atoms with van der Waals surface area (Å²) in [5.41, 5.74) is 0.600. The minimum Gasteiger partial charge on any atom is -0.481 e. The van der Waals surface area contributed by atoms with Gasteiger partial charge in [-0.3, -0.25) is 4.79 Å². The molecule has 2 N–H and O–H groups in total. The SMILES string of the molecule is C#Cc1ccc(CC(=O)O)c(C(=O)O)c1.